The Hall–Kier alpha value is -1.48. The Bertz CT molecular complexity index is 787. The molecule has 4 heterocycles. The van der Waals surface area contributed by atoms with Crippen LogP contribution in [-0.2, 0) is 14.3 Å². The summed E-state index contributed by atoms with van der Waals surface area (Å²) in [5.41, 5.74) is -2.60. The molecular formula is C19H29N3O9S. The molecule has 0 saturated carbocycles. The molecule has 4 aliphatic heterocycles. The minimum absolute atomic E-state index is 0.0151. The van der Waals surface area contributed by atoms with E-state index in [0.29, 0.717) is 25.0 Å². The predicted molar refractivity (Wildman–Crippen MR) is 109 cm³/mol. The number of aliphatic hydroxyl groups is 5. The van der Waals surface area contributed by atoms with Gasteiger partial charge in [0.15, 0.2) is 11.9 Å². The van der Waals surface area contributed by atoms with Crippen molar-refractivity contribution in [2.24, 2.45) is 5.92 Å². The molecular weight excluding hydrogens is 446 g/mol. The lowest BCUT2D eigenvalue weighted by Gasteiger charge is -2.49. The first kappa shape index (κ1) is 23.7. The predicted octanol–water partition coefficient (Wildman–Crippen LogP) is -3.44. The summed E-state index contributed by atoms with van der Waals surface area (Å²) < 4.78 is 4.11. The SMILES string of the molecule is O=C1N[C@H]2CS[C@@]3(CCCCC(=O)C([C@@]4(O)[C@@H](O)O[C@H](CO)[C@@H](O)[C@@H]4O)CNC3=O)[C@H]2N1. The number of ether oxygens (including phenoxy) is 1. The summed E-state index contributed by atoms with van der Waals surface area (Å²) in [6.45, 7) is -1.13. The Morgan fingerprint density at radius 3 is 2.59 bits per heavy atom. The second kappa shape index (κ2) is 8.70. The van der Waals surface area contributed by atoms with Crippen LogP contribution in [0.3, 0.4) is 0 Å². The van der Waals surface area contributed by atoms with E-state index < -0.39 is 71.8 Å². The van der Waals surface area contributed by atoms with E-state index in [0.717, 1.165) is 0 Å². The Kier molecular flexibility index (Phi) is 6.44. The van der Waals surface area contributed by atoms with Crippen LogP contribution in [0.2, 0.25) is 0 Å². The highest BCUT2D eigenvalue weighted by atomic mass is 32.2. The van der Waals surface area contributed by atoms with Crippen molar-refractivity contribution in [3.8, 4) is 0 Å². The van der Waals surface area contributed by atoms with Crippen molar-refractivity contribution in [3.63, 3.8) is 0 Å². The zero-order valence-corrected chi connectivity index (χ0v) is 18.1. The fourth-order valence-electron chi connectivity index (χ4n) is 5.24. The molecule has 180 valence electrons. The number of amides is 3. The molecule has 4 rings (SSSR count). The highest BCUT2D eigenvalue weighted by Gasteiger charge is 2.61. The number of hydrogen-bond donors (Lipinski definition) is 8. The molecule has 8 N–H and O–H groups in total. The maximum Gasteiger partial charge on any atom is 0.315 e. The quantitative estimate of drug-likeness (QED) is 0.186. The number of carbonyl (C=O) groups is 3. The summed E-state index contributed by atoms with van der Waals surface area (Å²) in [5.74, 6) is -1.85. The molecule has 13 heteroatoms. The molecule has 0 aromatic carbocycles. The fraction of sp³-hybridized carbons (Fsp3) is 0.842. The first-order valence-corrected chi connectivity index (χ1v) is 11.7. The van der Waals surface area contributed by atoms with E-state index in [1.807, 2.05) is 0 Å². The average Bonchev–Trinajstić information content (AvgIpc) is 3.30. The fourth-order valence-corrected chi connectivity index (χ4v) is 6.89. The number of fused-ring (bicyclic) bond motifs is 2. The van der Waals surface area contributed by atoms with E-state index in [4.69, 9.17) is 4.74 Å². The largest absolute Gasteiger partial charge is 0.394 e. The van der Waals surface area contributed by atoms with E-state index in [2.05, 4.69) is 16.0 Å². The Morgan fingerprint density at radius 1 is 1.12 bits per heavy atom. The topological polar surface area (TPSA) is 198 Å². The zero-order valence-electron chi connectivity index (χ0n) is 17.3. The van der Waals surface area contributed by atoms with Gasteiger partial charge in [0.2, 0.25) is 5.91 Å². The molecule has 32 heavy (non-hydrogen) atoms. The van der Waals surface area contributed by atoms with Crippen LogP contribution in [0.15, 0.2) is 0 Å². The van der Waals surface area contributed by atoms with Crippen molar-refractivity contribution in [1.82, 2.24) is 16.0 Å². The lowest BCUT2D eigenvalue weighted by atomic mass is 9.73. The molecule has 4 saturated heterocycles. The van der Waals surface area contributed by atoms with Crippen molar-refractivity contribution in [2.75, 3.05) is 18.9 Å². The van der Waals surface area contributed by atoms with Crippen molar-refractivity contribution >= 4 is 29.5 Å². The molecule has 0 aromatic rings. The standard InChI is InChI=1S/C19H29N3O9S/c23-6-11-12(25)14(26)19(30,16(28)31-11)8-5-20-15(27)18(4-2-1-3-10(8)24)13-9(7-32-18)21-17(29)22-13/h8-9,11-14,16,23,25-26,28,30H,1-7H2,(H,20,27)(H2,21,22,29)/t8?,9-,11+,12+,13-,14-,16-,18-,19-/m0/s1. The summed E-state index contributed by atoms with van der Waals surface area (Å²) in [4.78, 5) is 38.1. The second-order valence-electron chi connectivity index (χ2n) is 8.87. The van der Waals surface area contributed by atoms with Crippen LogP contribution in [0.25, 0.3) is 0 Å². The van der Waals surface area contributed by atoms with Gasteiger partial charge < -0.3 is 46.2 Å². The third-order valence-corrected chi connectivity index (χ3v) is 8.79. The molecule has 0 radical (unpaired) electrons. The normalized spacial score (nSPS) is 47.5. The molecule has 3 amide bonds. The van der Waals surface area contributed by atoms with Crippen molar-refractivity contribution in [1.29, 1.82) is 0 Å². The van der Waals surface area contributed by atoms with Crippen LogP contribution < -0.4 is 16.0 Å². The van der Waals surface area contributed by atoms with Crippen molar-refractivity contribution < 1.29 is 44.7 Å². The number of nitrogens with one attached hydrogen (secondary N) is 3. The van der Waals surface area contributed by atoms with Crippen molar-refractivity contribution in [2.45, 2.75) is 72.7 Å². The highest BCUT2D eigenvalue weighted by Crippen LogP contribution is 2.45. The van der Waals surface area contributed by atoms with Gasteiger partial charge >= 0.3 is 6.03 Å². The van der Waals surface area contributed by atoms with Gasteiger partial charge in [-0.2, -0.15) is 0 Å². The van der Waals surface area contributed by atoms with Crippen LogP contribution in [0, 0.1) is 5.92 Å². The van der Waals surface area contributed by atoms with E-state index >= 15 is 0 Å². The van der Waals surface area contributed by atoms with Crippen LogP contribution in [0.1, 0.15) is 25.7 Å². The smallest absolute Gasteiger partial charge is 0.315 e. The van der Waals surface area contributed by atoms with Gasteiger partial charge in [0.1, 0.15) is 28.8 Å². The number of Topliss-reactive ketones (excluding diaryl/α,β-unsaturated/α-hetero) is 1. The number of hydrogen-bond acceptors (Lipinski definition) is 10. The molecule has 0 aromatic heterocycles. The molecule has 4 fully saturated rings. The lowest BCUT2D eigenvalue weighted by molar-refractivity contribution is -0.339. The molecule has 4 aliphatic rings. The van der Waals surface area contributed by atoms with Gasteiger partial charge in [-0.05, 0) is 12.8 Å². The lowest BCUT2D eigenvalue weighted by Crippen LogP contribution is -2.72. The summed E-state index contributed by atoms with van der Waals surface area (Å²) in [6, 6.07) is -0.980. The van der Waals surface area contributed by atoms with Gasteiger partial charge in [0, 0.05) is 18.7 Å². The number of urea groups is 1. The third-order valence-electron chi connectivity index (χ3n) is 7.11. The molecule has 0 bridgehead atoms. The van der Waals surface area contributed by atoms with E-state index in [1.165, 1.54) is 11.8 Å². The van der Waals surface area contributed by atoms with Gasteiger partial charge in [-0.3, -0.25) is 9.59 Å². The molecule has 0 aliphatic carbocycles. The minimum Gasteiger partial charge on any atom is -0.394 e. The van der Waals surface area contributed by atoms with Gasteiger partial charge in [0.25, 0.3) is 0 Å². The van der Waals surface area contributed by atoms with Crippen molar-refractivity contribution in [3.05, 3.63) is 0 Å². The van der Waals surface area contributed by atoms with Crippen LogP contribution >= 0.6 is 11.8 Å². The van der Waals surface area contributed by atoms with E-state index in [1.54, 1.807) is 0 Å². The maximum absolute atomic E-state index is 13.3. The van der Waals surface area contributed by atoms with Crippen LogP contribution in [0.4, 0.5) is 4.79 Å². The second-order valence-corrected chi connectivity index (χ2v) is 10.2. The van der Waals surface area contributed by atoms with Crippen LogP contribution in [0.5, 0.6) is 0 Å². The summed E-state index contributed by atoms with van der Waals surface area (Å²) in [7, 11) is 0. The molecule has 12 nitrogen and oxygen atoms in total. The van der Waals surface area contributed by atoms with Gasteiger partial charge in [-0.1, -0.05) is 6.42 Å². The third kappa shape index (κ3) is 3.59. The number of ketones is 1. The summed E-state index contributed by atoms with van der Waals surface area (Å²) >= 11 is 1.42. The van der Waals surface area contributed by atoms with Gasteiger partial charge in [-0.15, -0.1) is 11.8 Å². The average molecular weight is 476 g/mol. The zero-order chi connectivity index (χ0) is 23.3. The molecule has 1 unspecified atom stereocenters. The van der Waals surface area contributed by atoms with E-state index in [-0.39, 0.29) is 18.5 Å². The monoisotopic (exact) mass is 475 g/mol. The number of aliphatic hydroxyl groups excluding tert-OH is 4. The molecule has 9 atom stereocenters. The molecule has 1 spiro atoms. The number of thioether (sulfide) groups is 1. The minimum atomic E-state index is -2.60. The number of carbonyl (C=O) groups excluding carboxylic acids is 3. The first-order valence-electron chi connectivity index (χ1n) is 10.7. The first-order chi connectivity index (χ1) is 15.1. The van der Waals surface area contributed by atoms with Gasteiger partial charge in [-0.25, -0.2) is 4.79 Å². The summed E-state index contributed by atoms with van der Waals surface area (Å²) in [5, 5.41) is 60.0. The summed E-state index contributed by atoms with van der Waals surface area (Å²) in [6.07, 6.45) is -5.83. The Labute approximate surface area is 188 Å². The Balaban J connectivity index is 1.59. The van der Waals surface area contributed by atoms with Crippen LogP contribution in [-0.4, -0.2) is 109 Å². The highest BCUT2D eigenvalue weighted by molar-refractivity contribution is 8.01. The Morgan fingerprint density at radius 2 is 1.88 bits per heavy atom. The van der Waals surface area contributed by atoms with E-state index in [9.17, 15) is 39.9 Å². The number of rotatable bonds is 2. The maximum atomic E-state index is 13.3. The van der Waals surface area contributed by atoms with Gasteiger partial charge in [0.05, 0.1) is 24.6 Å².